The van der Waals surface area contributed by atoms with Crippen LogP contribution in [0.25, 0.3) is 0 Å². The monoisotopic (exact) mass is 257 g/mol. The number of hydrogen-bond donors (Lipinski definition) is 3. The Morgan fingerprint density at radius 2 is 2.18 bits per heavy atom. The smallest absolute Gasteiger partial charge is 0.238 e. The lowest BCUT2D eigenvalue weighted by Crippen LogP contribution is -2.42. The molecule has 17 heavy (non-hydrogen) atoms. The third-order valence-corrected chi connectivity index (χ3v) is 3.79. The summed E-state index contributed by atoms with van der Waals surface area (Å²) in [4.78, 5) is 22.9. The molecule has 1 saturated carbocycles. The Bertz CT molecular complexity index is 288. The van der Waals surface area contributed by atoms with Crippen LogP contribution in [-0.2, 0) is 9.59 Å². The van der Waals surface area contributed by atoms with Gasteiger partial charge in [-0.15, -0.1) is 11.8 Å². The first kappa shape index (κ1) is 12.7. The zero-order valence-corrected chi connectivity index (χ0v) is 10.6. The van der Waals surface area contributed by atoms with Gasteiger partial charge in [0.15, 0.2) is 0 Å². The first-order valence-electron chi connectivity index (χ1n) is 6.14. The minimum Gasteiger partial charge on any atom is -0.355 e. The van der Waals surface area contributed by atoms with Crippen LogP contribution in [-0.4, -0.2) is 42.1 Å². The minimum atomic E-state index is -0.0553. The molecule has 2 aliphatic rings. The van der Waals surface area contributed by atoms with E-state index in [1.54, 1.807) is 11.8 Å². The predicted molar refractivity (Wildman–Crippen MR) is 67.7 cm³/mol. The Labute approximate surface area is 105 Å². The van der Waals surface area contributed by atoms with Crippen molar-refractivity contribution in [3.63, 3.8) is 0 Å². The van der Waals surface area contributed by atoms with Gasteiger partial charge in [0.1, 0.15) is 0 Å². The van der Waals surface area contributed by atoms with E-state index in [1.807, 2.05) is 0 Å². The Kier molecular flexibility index (Phi) is 4.67. The van der Waals surface area contributed by atoms with Crippen molar-refractivity contribution in [1.29, 1.82) is 0 Å². The maximum absolute atomic E-state index is 11.6. The Morgan fingerprint density at radius 3 is 2.82 bits per heavy atom. The van der Waals surface area contributed by atoms with E-state index in [9.17, 15) is 9.59 Å². The van der Waals surface area contributed by atoms with E-state index in [4.69, 9.17) is 0 Å². The second-order valence-electron chi connectivity index (χ2n) is 4.51. The molecule has 1 atom stereocenters. The Morgan fingerprint density at radius 1 is 1.35 bits per heavy atom. The second-order valence-corrected chi connectivity index (χ2v) is 5.54. The average molecular weight is 257 g/mol. The number of nitrogens with one attached hydrogen (secondary N) is 3. The molecular weight excluding hydrogens is 238 g/mol. The van der Waals surface area contributed by atoms with Crippen LogP contribution in [0.5, 0.6) is 0 Å². The van der Waals surface area contributed by atoms with Crippen molar-refractivity contribution in [2.45, 2.75) is 37.8 Å². The summed E-state index contributed by atoms with van der Waals surface area (Å²) in [7, 11) is 0. The van der Waals surface area contributed by atoms with E-state index >= 15 is 0 Å². The summed E-state index contributed by atoms with van der Waals surface area (Å²) < 4.78 is 0. The van der Waals surface area contributed by atoms with E-state index < -0.39 is 0 Å². The van der Waals surface area contributed by atoms with Crippen LogP contribution >= 0.6 is 11.8 Å². The third kappa shape index (κ3) is 4.55. The van der Waals surface area contributed by atoms with E-state index in [0.29, 0.717) is 25.4 Å². The van der Waals surface area contributed by atoms with Crippen molar-refractivity contribution >= 4 is 23.6 Å². The van der Waals surface area contributed by atoms with Gasteiger partial charge >= 0.3 is 0 Å². The molecule has 2 fully saturated rings. The number of hydrogen-bond acceptors (Lipinski definition) is 4. The molecule has 0 aromatic carbocycles. The highest BCUT2D eigenvalue weighted by atomic mass is 32.2. The first-order chi connectivity index (χ1) is 8.25. The molecule has 0 spiro atoms. The van der Waals surface area contributed by atoms with Crippen molar-refractivity contribution < 1.29 is 9.59 Å². The molecular formula is C11H19N3O2S. The molecule has 1 aliphatic heterocycles. The molecule has 2 rings (SSSR count). The normalized spacial score (nSPS) is 23.4. The van der Waals surface area contributed by atoms with Crippen molar-refractivity contribution in [3.8, 4) is 0 Å². The first-order valence-corrected chi connectivity index (χ1v) is 7.29. The maximum atomic E-state index is 11.6. The summed E-state index contributed by atoms with van der Waals surface area (Å²) in [5.74, 6) is 1.85. The van der Waals surface area contributed by atoms with Crippen molar-refractivity contribution in [2.75, 3.05) is 18.2 Å². The fraction of sp³-hybridized carbons (Fsp3) is 0.818. The Hall–Kier alpha value is -0.750. The van der Waals surface area contributed by atoms with Gasteiger partial charge in [-0.05, 0) is 19.3 Å². The Balaban J connectivity index is 1.49. The summed E-state index contributed by atoms with van der Waals surface area (Å²) in [5.41, 5.74) is 0. The third-order valence-electron chi connectivity index (χ3n) is 2.86. The molecule has 0 radical (unpaired) electrons. The summed E-state index contributed by atoms with van der Waals surface area (Å²) in [6, 6.07) is 0.372. The van der Waals surface area contributed by atoms with Crippen LogP contribution < -0.4 is 16.0 Å². The highest BCUT2D eigenvalue weighted by molar-refractivity contribution is 7.99. The molecule has 1 saturated heterocycles. The summed E-state index contributed by atoms with van der Waals surface area (Å²) >= 11 is 1.73. The molecule has 96 valence electrons. The quantitative estimate of drug-likeness (QED) is 0.578. The molecule has 1 aliphatic carbocycles. The van der Waals surface area contributed by atoms with Crippen molar-refractivity contribution in [2.24, 2.45) is 0 Å². The lowest BCUT2D eigenvalue weighted by Gasteiger charge is -2.10. The predicted octanol–water partition coefficient (Wildman–Crippen LogP) is -0.176. The number of amides is 2. The van der Waals surface area contributed by atoms with Gasteiger partial charge in [0.2, 0.25) is 11.8 Å². The fourth-order valence-electron chi connectivity index (χ4n) is 1.67. The van der Waals surface area contributed by atoms with E-state index in [1.165, 1.54) is 0 Å². The van der Waals surface area contributed by atoms with Crippen LogP contribution in [0.15, 0.2) is 0 Å². The number of carbonyl (C=O) groups excluding carboxylic acids is 2. The maximum Gasteiger partial charge on any atom is 0.238 e. The lowest BCUT2D eigenvalue weighted by atomic mass is 10.2. The zero-order valence-electron chi connectivity index (χ0n) is 9.83. The second kappa shape index (κ2) is 6.26. The van der Waals surface area contributed by atoms with Gasteiger partial charge in [-0.3, -0.25) is 14.9 Å². The van der Waals surface area contributed by atoms with Gasteiger partial charge in [0.25, 0.3) is 0 Å². The van der Waals surface area contributed by atoms with Crippen LogP contribution in [0.3, 0.4) is 0 Å². The lowest BCUT2D eigenvalue weighted by molar-refractivity contribution is -0.123. The molecule has 6 heteroatoms. The van der Waals surface area contributed by atoms with Crippen molar-refractivity contribution in [1.82, 2.24) is 16.0 Å². The van der Waals surface area contributed by atoms with E-state index in [-0.39, 0.29) is 17.9 Å². The van der Waals surface area contributed by atoms with Gasteiger partial charge in [0.05, 0.1) is 6.04 Å². The summed E-state index contributed by atoms with van der Waals surface area (Å²) in [5, 5.41) is 8.90. The molecule has 0 aromatic rings. The zero-order chi connectivity index (χ0) is 12.1. The van der Waals surface area contributed by atoms with Gasteiger partial charge in [-0.25, -0.2) is 0 Å². The molecule has 1 heterocycles. The van der Waals surface area contributed by atoms with Crippen LogP contribution in [0.1, 0.15) is 25.7 Å². The number of carbonyl (C=O) groups is 2. The van der Waals surface area contributed by atoms with Crippen LogP contribution in [0, 0.1) is 0 Å². The van der Waals surface area contributed by atoms with E-state index in [0.717, 1.165) is 24.5 Å². The summed E-state index contributed by atoms with van der Waals surface area (Å²) in [6.45, 7) is 0.583. The minimum absolute atomic E-state index is 0.0533. The molecule has 1 unspecified atom stereocenters. The van der Waals surface area contributed by atoms with Crippen LogP contribution in [0.2, 0.25) is 0 Å². The fourth-order valence-corrected chi connectivity index (χ4v) is 2.62. The average Bonchev–Trinajstić information content (AvgIpc) is 2.96. The van der Waals surface area contributed by atoms with Gasteiger partial charge < -0.3 is 10.6 Å². The number of rotatable bonds is 6. The summed E-state index contributed by atoms with van der Waals surface area (Å²) in [6.07, 6.45) is 3.45. The number of thioether (sulfide) groups is 1. The standard InChI is InChI=1S/C11H19N3O2S/c15-10(14-8-3-4-8)2-1-5-12-11(16)9-6-17-7-13-9/h8-9,13H,1-7H2,(H,12,16)(H,14,15). The van der Waals surface area contributed by atoms with Crippen LogP contribution in [0.4, 0.5) is 0 Å². The van der Waals surface area contributed by atoms with Gasteiger partial charge in [0, 0.05) is 30.6 Å². The molecule has 2 amide bonds. The van der Waals surface area contributed by atoms with Gasteiger partial charge in [-0.1, -0.05) is 0 Å². The van der Waals surface area contributed by atoms with E-state index in [2.05, 4.69) is 16.0 Å². The molecule has 0 aromatic heterocycles. The highest BCUT2D eigenvalue weighted by Crippen LogP contribution is 2.18. The molecule has 5 nitrogen and oxygen atoms in total. The molecule has 3 N–H and O–H groups in total. The largest absolute Gasteiger partial charge is 0.355 e. The molecule has 0 bridgehead atoms. The van der Waals surface area contributed by atoms with Crippen molar-refractivity contribution in [3.05, 3.63) is 0 Å². The highest BCUT2D eigenvalue weighted by Gasteiger charge is 2.23. The topological polar surface area (TPSA) is 70.2 Å². The van der Waals surface area contributed by atoms with Gasteiger partial charge in [-0.2, -0.15) is 0 Å². The SMILES string of the molecule is O=C(CCCNC(=O)C1CSCN1)NC1CC1.